The molecule has 0 bridgehead atoms. The van der Waals surface area contributed by atoms with Crippen LogP contribution in [-0.2, 0) is 0 Å². The van der Waals surface area contributed by atoms with Crippen molar-refractivity contribution >= 4 is 31.0 Å². The van der Waals surface area contributed by atoms with Gasteiger partial charge in [0, 0.05) is 20.9 Å². The maximum Gasteiger partial charge on any atom is 0.194 e. The number of ketones is 1. The number of hydrogen-bond donors (Lipinski definition) is 2. The van der Waals surface area contributed by atoms with E-state index in [0.717, 1.165) is 4.90 Å². The van der Waals surface area contributed by atoms with Gasteiger partial charge in [-0.1, -0.05) is 12.1 Å². The van der Waals surface area contributed by atoms with Crippen LogP contribution in [0.2, 0.25) is 0 Å². The van der Waals surface area contributed by atoms with Crippen molar-refractivity contribution in [3.8, 4) is 0 Å². The number of carbonyl (C=O) groups is 1. The van der Waals surface area contributed by atoms with Crippen molar-refractivity contribution in [1.82, 2.24) is 0 Å². The summed E-state index contributed by atoms with van der Waals surface area (Å²) in [7, 11) is 0. The summed E-state index contributed by atoms with van der Waals surface area (Å²) in [6.07, 6.45) is 0. The molecule has 0 atom stereocenters. The lowest BCUT2D eigenvalue weighted by atomic mass is 10.0. The van der Waals surface area contributed by atoms with E-state index in [4.69, 9.17) is 0 Å². The average Bonchev–Trinajstić information content (AvgIpc) is 2.30. The first-order valence-electron chi connectivity index (χ1n) is 4.80. The molecule has 0 saturated heterocycles. The molecule has 0 unspecified atom stereocenters. The molecule has 0 spiro atoms. The van der Waals surface area contributed by atoms with E-state index in [1.165, 1.54) is 0 Å². The van der Waals surface area contributed by atoms with Crippen LogP contribution >= 0.6 is 25.3 Å². The third kappa shape index (κ3) is 2.31. The monoisotopic (exact) mass is 246 g/mol. The molecular weight excluding hydrogens is 236 g/mol. The zero-order valence-electron chi connectivity index (χ0n) is 8.42. The van der Waals surface area contributed by atoms with E-state index in [9.17, 15) is 4.79 Å². The first-order valence-corrected chi connectivity index (χ1v) is 5.69. The predicted molar refractivity (Wildman–Crippen MR) is 70.8 cm³/mol. The van der Waals surface area contributed by atoms with Crippen molar-refractivity contribution < 1.29 is 4.79 Å². The van der Waals surface area contributed by atoms with Crippen LogP contribution < -0.4 is 0 Å². The van der Waals surface area contributed by atoms with Gasteiger partial charge in [-0.15, -0.1) is 25.3 Å². The molecule has 16 heavy (non-hydrogen) atoms. The highest BCUT2D eigenvalue weighted by Crippen LogP contribution is 2.18. The Morgan fingerprint density at radius 3 is 2.12 bits per heavy atom. The van der Waals surface area contributed by atoms with Crippen LogP contribution in [0.4, 0.5) is 0 Å². The van der Waals surface area contributed by atoms with Gasteiger partial charge in [0.05, 0.1) is 0 Å². The van der Waals surface area contributed by atoms with Gasteiger partial charge < -0.3 is 0 Å². The molecule has 1 nitrogen and oxygen atoms in total. The van der Waals surface area contributed by atoms with Gasteiger partial charge in [0.1, 0.15) is 0 Å². The smallest absolute Gasteiger partial charge is 0.194 e. The summed E-state index contributed by atoms with van der Waals surface area (Å²) in [4.78, 5) is 13.6. The minimum absolute atomic E-state index is 0.0149. The summed E-state index contributed by atoms with van der Waals surface area (Å²) in [5.41, 5.74) is 1.28. The van der Waals surface area contributed by atoms with E-state index < -0.39 is 0 Å². The summed E-state index contributed by atoms with van der Waals surface area (Å²) < 4.78 is 0. The predicted octanol–water partition coefficient (Wildman–Crippen LogP) is 3.50. The Kier molecular flexibility index (Phi) is 3.36. The standard InChI is InChI=1S/C13H10OS2/c14-13(9-5-7-10(15)8-6-9)11-3-1-2-4-12(11)16/h1-8,15-16H. The highest BCUT2D eigenvalue weighted by atomic mass is 32.1. The zero-order valence-corrected chi connectivity index (χ0v) is 10.2. The Bertz CT molecular complexity index is 518. The number of thiol groups is 2. The molecule has 0 aliphatic rings. The lowest BCUT2D eigenvalue weighted by Crippen LogP contribution is -2.01. The zero-order chi connectivity index (χ0) is 11.5. The molecule has 0 aliphatic heterocycles. The van der Waals surface area contributed by atoms with E-state index in [-0.39, 0.29) is 5.78 Å². The molecule has 80 valence electrons. The maximum atomic E-state index is 12.1. The van der Waals surface area contributed by atoms with Crippen LogP contribution in [-0.4, -0.2) is 5.78 Å². The van der Waals surface area contributed by atoms with Crippen molar-refractivity contribution in [3.05, 3.63) is 59.7 Å². The fourth-order valence-electron chi connectivity index (χ4n) is 1.43. The van der Waals surface area contributed by atoms with Crippen LogP contribution in [0.25, 0.3) is 0 Å². The average molecular weight is 246 g/mol. The molecule has 2 aromatic rings. The Hall–Kier alpha value is -1.19. The van der Waals surface area contributed by atoms with E-state index in [2.05, 4.69) is 25.3 Å². The van der Waals surface area contributed by atoms with Crippen LogP contribution in [0.15, 0.2) is 58.3 Å². The van der Waals surface area contributed by atoms with Crippen molar-refractivity contribution in [2.45, 2.75) is 9.79 Å². The second-order valence-electron chi connectivity index (χ2n) is 3.39. The van der Waals surface area contributed by atoms with Gasteiger partial charge in [-0.25, -0.2) is 0 Å². The topological polar surface area (TPSA) is 17.1 Å². The number of carbonyl (C=O) groups excluding carboxylic acids is 1. The Morgan fingerprint density at radius 2 is 1.50 bits per heavy atom. The normalized spacial score (nSPS) is 10.1. The van der Waals surface area contributed by atoms with Crippen LogP contribution in [0, 0.1) is 0 Å². The van der Waals surface area contributed by atoms with Gasteiger partial charge in [-0.05, 0) is 36.4 Å². The van der Waals surface area contributed by atoms with E-state index in [1.807, 2.05) is 18.2 Å². The molecule has 0 fully saturated rings. The summed E-state index contributed by atoms with van der Waals surface area (Å²) in [6.45, 7) is 0. The molecule has 0 N–H and O–H groups in total. The van der Waals surface area contributed by atoms with Gasteiger partial charge in [-0.3, -0.25) is 4.79 Å². The van der Waals surface area contributed by atoms with Crippen molar-refractivity contribution in [1.29, 1.82) is 0 Å². The van der Waals surface area contributed by atoms with Gasteiger partial charge in [0.2, 0.25) is 0 Å². The Balaban J connectivity index is 2.40. The third-order valence-electron chi connectivity index (χ3n) is 2.28. The SMILES string of the molecule is O=C(c1ccc(S)cc1)c1ccccc1S. The minimum Gasteiger partial charge on any atom is -0.289 e. The second-order valence-corrected chi connectivity index (χ2v) is 4.39. The summed E-state index contributed by atoms with van der Waals surface area (Å²) in [5, 5.41) is 0. The quantitative estimate of drug-likeness (QED) is 0.612. The molecule has 3 heteroatoms. The highest BCUT2D eigenvalue weighted by Gasteiger charge is 2.10. The molecule has 0 aromatic heterocycles. The van der Waals surface area contributed by atoms with E-state index in [1.54, 1.807) is 30.3 Å². The summed E-state index contributed by atoms with van der Waals surface area (Å²) >= 11 is 8.45. The molecular formula is C13H10OS2. The second kappa shape index (κ2) is 4.76. The highest BCUT2D eigenvalue weighted by molar-refractivity contribution is 7.80. The lowest BCUT2D eigenvalue weighted by Gasteiger charge is -2.04. The number of hydrogen-bond acceptors (Lipinski definition) is 3. The fourth-order valence-corrected chi connectivity index (χ4v) is 1.85. The van der Waals surface area contributed by atoms with Crippen LogP contribution in [0.3, 0.4) is 0 Å². The van der Waals surface area contributed by atoms with E-state index >= 15 is 0 Å². The molecule has 0 heterocycles. The first-order chi connectivity index (χ1) is 7.68. The molecule has 0 amide bonds. The summed E-state index contributed by atoms with van der Waals surface area (Å²) in [6, 6.07) is 14.4. The number of rotatable bonds is 2. The molecule has 2 rings (SSSR count). The summed E-state index contributed by atoms with van der Waals surface area (Å²) in [5.74, 6) is -0.0149. The van der Waals surface area contributed by atoms with E-state index in [0.29, 0.717) is 16.0 Å². The largest absolute Gasteiger partial charge is 0.289 e. The molecule has 2 aromatic carbocycles. The lowest BCUT2D eigenvalue weighted by molar-refractivity contribution is 0.103. The Labute approximate surface area is 105 Å². The number of benzene rings is 2. The van der Waals surface area contributed by atoms with Crippen molar-refractivity contribution in [2.24, 2.45) is 0 Å². The van der Waals surface area contributed by atoms with Gasteiger partial charge >= 0.3 is 0 Å². The minimum atomic E-state index is -0.0149. The third-order valence-corrected chi connectivity index (χ3v) is 2.97. The van der Waals surface area contributed by atoms with Crippen LogP contribution in [0.1, 0.15) is 15.9 Å². The molecule has 0 saturated carbocycles. The van der Waals surface area contributed by atoms with Gasteiger partial charge in [0.25, 0.3) is 0 Å². The molecule has 0 radical (unpaired) electrons. The fraction of sp³-hybridized carbons (Fsp3) is 0. The van der Waals surface area contributed by atoms with Crippen molar-refractivity contribution in [3.63, 3.8) is 0 Å². The van der Waals surface area contributed by atoms with Gasteiger partial charge in [0.15, 0.2) is 5.78 Å². The van der Waals surface area contributed by atoms with Gasteiger partial charge in [-0.2, -0.15) is 0 Å². The maximum absolute atomic E-state index is 12.1. The first kappa shape index (κ1) is 11.3. The molecule has 0 aliphatic carbocycles. The Morgan fingerprint density at radius 1 is 0.875 bits per heavy atom. The van der Waals surface area contributed by atoms with Crippen molar-refractivity contribution in [2.75, 3.05) is 0 Å². The van der Waals surface area contributed by atoms with Crippen LogP contribution in [0.5, 0.6) is 0 Å².